The van der Waals surface area contributed by atoms with E-state index in [1.165, 1.54) is 6.07 Å². The Kier molecular flexibility index (Phi) is 5.00. The summed E-state index contributed by atoms with van der Waals surface area (Å²) in [5, 5.41) is 7.45. The molecule has 0 aromatic heterocycles. The number of fused-ring (bicyclic) bond motifs is 2. The molecule has 2 aliphatic rings. The van der Waals surface area contributed by atoms with E-state index >= 15 is 0 Å². The number of nitrogens with one attached hydrogen (secondary N) is 2. The highest BCUT2D eigenvalue weighted by molar-refractivity contribution is 6.31. The van der Waals surface area contributed by atoms with E-state index < -0.39 is 23.1 Å². The van der Waals surface area contributed by atoms with Crippen molar-refractivity contribution < 1.29 is 13.6 Å². The van der Waals surface area contributed by atoms with Gasteiger partial charge in [0.2, 0.25) is 5.91 Å². The normalized spacial score (nSPS) is 24.8. The zero-order chi connectivity index (χ0) is 21.8. The number of benzene rings is 3. The Morgan fingerprint density at radius 2 is 1.71 bits per heavy atom. The van der Waals surface area contributed by atoms with Crippen molar-refractivity contribution >= 4 is 34.8 Å². The highest BCUT2D eigenvalue weighted by Gasteiger charge is 2.59. The summed E-state index contributed by atoms with van der Waals surface area (Å²) < 4.78 is 27.9. The maximum absolute atomic E-state index is 14.2. The average Bonchev–Trinajstić information content (AvgIpc) is 3.01. The van der Waals surface area contributed by atoms with Crippen LogP contribution in [0.2, 0.25) is 10.0 Å². The number of hydrogen-bond donors (Lipinski definition) is 2. The van der Waals surface area contributed by atoms with Crippen LogP contribution in [-0.2, 0) is 10.2 Å². The van der Waals surface area contributed by atoms with Crippen molar-refractivity contribution in [3.05, 3.63) is 99.0 Å². The Morgan fingerprint density at radius 1 is 0.903 bits per heavy atom. The molecule has 158 valence electrons. The Bertz CT molecular complexity index is 1200. The fourth-order valence-corrected chi connectivity index (χ4v) is 5.52. The minimum Gasteiger partial charge on any atom is -0.325 e. The first kappa shape index (κ1) is 20.4. The van der Waals surface area contributed by atoms with Gasteiger partial charge in [-0.25, -0.2) is 8.78 Å². The van der Waals surface area contributed by atoms with Crippen LogP contribution in [0.1, 0.15) is 35.1 Å². The largest absolute Gasteiger partial charge is 0.325 e. The Labute approximate surface area is 188 Å². The second kappa shape index (κ2) is 7.59. The van der Waals surface area contributed by atoms with Gasteiger partial charge in [0.15, 0.2) is 11.6 Å². The number of rotatable bonds is 2. The van der Waals surface area contributed by atoms with Gasteiger partial charge in [-0.05, 0) is 66.1 Å². The van der Waals surface area contributed by atoms with Crippen molar-refractivity contribution in [2.24, 2.45) is 0 Å². The van der Waals surface area contributed by atoms with E-state index in [0.29, 0.717) is 34.3 Å². The summed E-state index contributed by atoms with van der Waals surface area (Å²) in [6.45, 7) is 0.596. The number of hydrogen-bond acceptors (Lipinski definition) is 2. The number of halogens is 4. The lowest BCUT2D eigenvalue weighted by Gasteiger charge is -2.47. The van der Waals surface area contributed by atoms with Crippen molar-refractivity contribution in [2.75, 3.05) is 11.9 Å². The molecule has 3 aromatic carbocycles. The third-order valence-electron chi connectivity index (χ3n) is 6.37. The SMILES string of the molecule is O=C1Nc2cc(Cl)ccc2C12C(c1cccc(Cl)c1)CCNC2c1ccc(F)c(F)c1. The van der Waals surface area contributed by atoms with Crippen molar-refractivity contribution in [3.8, 4) is 0 Å². The molecule has 1 amide bonds. The summed E-state index contributed by atoms with van der Waals surface area (Å²) in [7, 11) is 0. The maximum Gasteiger partial charge on any atom is 0.237 e. The maximum atomic E-state index is 14.2. The monoisotopic (exact) mass is 458 g/mol. The molecule has 0 aliphatic carbocycles. The summed E-state index contributed by atoms with van der Waals surface area (Å²) in [5.41, 5.74) is 1.73. The van der Waals surface area contributed by atoms with Crippen LogP contribution in [-0.4, -0.2) is 12.5 Å². The topological polar surface area (TPSA) is 41.1 Å². The molecule has 0 bridgehead atoms. The highest BCUT2D eigenvalue weighted by atomic mass is 35.5. The van der Waals surface area contributed by atoms with Crippen LogP contribution >= 0.6 is 23.2 Å². The quantitative estimate of drug-likeness (QED) is 0.495. The van der Waals surface area contributed by atoms with Gasteiger partial charge in [0.25, 0.3) is 0 Å². The molecular formula is C24H18Cl2F2N2O. The summed E-state index contributed by atoms with van der Waals surface area (Å²) in [6, 6.07) is 16.0. The van der Waals surface area contributed by atoms with Gasteiger partial charge < -0.3 is 10.6 Å². The van der Waals surface area contributed by atoms with E-state index in [1.54, 1.807) is 18.2 Å². The highest BCUT2D eigenvalue weighted by Crippen LogP contribution is 2.57. The molecule has 5 rings (SSSR count). The number of carbonyl (C=O) groups excluding carboxylic acids is 1. The van der Waals surface area contributed by atoms with Crippen LogP contribution in [0, 0.1) is 11.6 Å². The number of amides is 1. The van der Waals surface area contributed by atoms with Crippen molar-refractivity contribution in [1.82, 2.24) is 5.32 Å². The molecule has 2 heterocycles. The van der Waals surface area contributed by atoms with Crippen LogP contribution in [0.3, 0.4) is 0 Å². The Morgan fingerprint density at radius 3 is 2.48 bits per heavy atom. The molecule has 1 saturated heterocycles. The second-order valence-electron chi connectivity index (χ2n) is 7.97. The van der Waals surface area contributed by atoms with Crippen LogP contribution in [0.25, 0.3) is 0 Å². The Hall–Kier alpha value is -2.47. The number of piperidine rings is 1. The van der Waals surface area contributed by atoms with Crippen molar-refractivity contribution in [1.29, 1.82) is 0 Å². The average molecular weight is 459 g/mol. The number of anilines is 1. The van der Waals surface area contributed by atoms with E-state index in [9.17, 15) is 13.6 Å². The van der Waals surface area contributed by atoms with Gasteiger partial charge in [-0.2, -0.15) is 0 Å². The summed E-state index contributed by atoms with van der Waals surface area (Å²) in [5.74, 6) is -2.33. The minimum absolute atomic E-state index is 0.211. The molecule has 0 saturated carbocycles. The van der Waals surface area contributed by atoms with Crippen LogP contribution in [0.5, 0.6) is 0 Å². The third kappa shape index (κ3) is 3.15. The molecule has 3 unspecified atom stereocenters. The van der Waals surface area contributed by atoms with E-state index in [-0.39, 0.29) is 11.8 Å². The summed E-state index contributed by atoms with van der Waals surface area (Å²) in [4.78, 5) is 13.7. The van der Waals surface area contributed by atoms with E-state index in [2.05, 4.69) is 10.6 Å². The van der Waals surface area contributed by atoms with E-state index in [1.807, 2.05) is 24.3 Å². The van der Waals surface area contributed by atoms with Gasteiger partial charge in [0, 0.05) is 21.7 Å². The predicted molar refractivity (Wildman–Crippen MR) is 118 cm³/mol. The van der Waals surface area contributed by atoms with Crippen molar-refractivity contribution in [3.63, 3.8) is 0 Å². The fourth-order valence-electron chi connectivity index (χ4n) is 5.15. The fraction of sp³-hybridized carbons (Fsp3) is 0.208. The molecule has 7 heteroatoms. The first-order valence-electron chi connectivity index (χ1n) is 9.96. The molecular weight excluding hydrogens is 441 g/mol. The minimum atomic E-state index is -1.09. The van der Waals surface area contributed by atoms with E-state index in [0.717, 1.165) is 23.3 Å². The first-order valence-corrected chi connectivity index (χ1v) is 10.7. The van der Waals surface area contributed by atoms with Crippen LogP contribution in [0.4, 0.5) is 14.5 Å². The molecule has 3 aromatic rings. The van der Waals surface area contributed by atoms with Gasteiger partial charge in [0.1, 0.15) is 5.41 Å². The molecule has 2 aliphatic heterocycles. The zero-order valence-corrected chi connectivity index (χ0v) is 17.8. The van der Waals surface area contributed by atoms with Gasteiger partial charge >= 0.3 is 0 Å². The molecule has 31 heavy (non-hydrogen) atoms. The molecule has 2 N–H and O–H groups in total. The van der Waals surface area contributed by atoms with Gasteiger partial charge in [-0.15, -0.1) is 0 Å². The van der Waals surface area contributed by atoms with E-state index in [4.69, 9.17) is 23.2 Å². The molecule has 1 fully saturated rings. The van der Waals surface area contributed by atoms with Gasteiger partial charge in [0.05, 0.1) is 6.04 Å². The van der Waals surface area contributed by atoms with Gasteiger partial charge in [-0.1, -0.05) is 47.5 Å². The first-order chi connectivity index (χ1) is 14.9. The lowest BCUT2D eigenvalue weighted by Crippen LogP contribution is -2.55. The lowest BCUT2D eigenvalue weighted by atomic mass is 9.59. The summed E-state index contributed by atoms with van der Waals surface area (Å²) in [6.07, 6.45) is 0.663. The summed E-state index contributed by atoms with van der Waals surface area (Å²) >= 11 is 12.5. The van der Waals surface area contributed by atoms with Crippen molar-refractivity contribution in [2.45, 2.75) is 23.8 Å². The van der Waals surface area contributed by atoms with Gasteiger partial charge in [-0.3, -0.25) is 4.79 Å². The zero-order valence-electron chi connectivity index (χ0n) is 16.3. The smallest absolute Gasteiger partial charge is 0.237 e. The third-order valence-corrected chi connectivity index (χ3v) is 6.84. The Balaban J connectivity index is 1.78. The molecule has 3 atom stereocenters. The molecule has 3 nitrogen and oxygen atoms in total. The second-order valence-corrected chi connectivity index (χ2v) is 8.84. The molecule has 1 spiro atoms. The van der Waals surface area contributed by atoms with Crippen LogP contribution in [0.15, 0.2) is 60.7 Å². The standard InChI is InChI=1S/C24H18Cl2F2N2O/c25-15-3-1-2-13(10-15)17-8-9-29-22(14-4-7-19(27)20(28)11-14)24(17)18-6-5-16(26)12-21(18)30-23(24)31/h1-7,10-12,17,22,29H,8-9H2,(H,30,31). The molecule has 0 radical (unpaired) electrons. The lowest BCUT2D eigenvalue weighted by molar-refractivity contribution is -0.123. The predicted octanol–water partition coefficient (Wildman–Crippen LogP) is 5.98. The number of carbonyl (C=O) groups is 1. The van der Waals surface area contributed by atoms with Crippen LogP contribution < -0.4 is 10.6 Å².